The highest BCUT2D eigenvalue weighted by atomic mass is 16.1. The second-order valence-electron chi connectivity index (χ2n) is 4.96. The van der Waals surface area contributed by atoms with Gasteiger partial charge in [-0.2, -0.15) is 0 Å². The lowest BCUT2D eigenvalue weighted by atomic mass is 10.3. The molecular weight excluding hydrogens is 254 g/mol. The zero-order valence-electron chi connectivity index (χ0n) is 12.4. The maximum atomic E-state index is 11.5. The molecule has 0 unspecified atom stereocenters. The molecule has 0 radical (unpaired) electrons. The van der Waals surface area contributed by atoms with E-state index in [-0.39, 0.29) is 5.91 Å². The maximum absolute atomic E-state index is 11.5. The minimum Gasteiger partial charge on any atom is -0.370 e. The van der Waals surface area contributed by atoms with Crippen molar-refractivity contribution in [1.29, 1.82) is 0 Å². The highest BCUT2D eigenvalue weighted by molar-refractivity contribution is 5.90. The van der Waals surface area contributed by atoms with Crippen molar-refractivity contribution in [3.8, 4) is 0 Å². The Kier molecular flexibility index (Phi) is 7.60. The summed E-state index contributed by atoms with van der Waals surface area (Å²) >= 11 is 0. The van der Waals surface area contributed by atoms with Crippen molar-refractivity contribution < 1.29 is 4.79 Å². The van der Waals surface area contributed by atoms with Gasteiger partial charge < -0.3 is 21.3 Å². The van der Waals surface area contributed by atoms with E-state index in [1.807, 2.05) is 12.1 Å². The number of nitrogens with zero attached hydrogens (tertiary/aromatic N) is 2. The molecular formula is C14H25N5O. The molecule has 1 aromatic rings. The molecule has 0 saturated heterocycles. The number of nitrogens with two attached hydrogens (primary N) is 1. The lowest BCUT2D eigenvalue weighted by molar-refractivity contribution is -0.116. The van der Waals surface area contributed by atoms with Gasteiger partial charge in [0.2, 0.25) is 5.91 Å². The Morgan fingerprint density at radius 1 is 1.35 bits per heavy atom. The van der Waals surface area contributed by atoms with Gasteiger partial charge in [0, 0.05) is 13.0 Å². The first-order valence-electron chi connectivity index (χ1n) is 6.96. The molecule has 4 N–H and O–H groups in total. The fraction of sp³-hybridized carbons (Fsp3) is 0.571. The van der Waals surface area contributed by atoms with Gasteiger partial charge in [-0.25, -0.2) is 4.98 Å². The Balaban J connectivity index is 2.31. The summed E-state index contributed by atoms with van der Waals surface area (Å²) in [6.45, 7) is 2.46. The SMILES string of the molecule is CN(C)CCCNc1ccc(NC(=O)CCCN)cn1. The molecule has 0 aliphatic heterocycles. The minimum absolute atomic E-state index is 0.0241. The third-order valence-electron chi connectivity index (χ3n) is 2.74. The van der Waals surface area contributed by atoms with Crippen LogP contribution in [0, 0.1) is 0 Å². The van der Waals surface area contributed by atoms with E-state index in [2.05, 4.69) is 34.6 Å². The zero-order valence-corrected chi connectivity index (χ0v) is 12.4. The molecule has 0 bridgehead atoms. The van der Waals surface area contributed by atoms with E-state index in [1.165, 1.54) is 0 Å². The summed E-state index contributed by atoms with van der Waals surface area (Å²) in [6.07, 6.45) is 3.87. The van der Waals surface area contributed by atoms with Crippen LogP contribution in [0.4, 0.5) is 11.5 Å². The second kappa shape index (κ2) is 9.28. The molecule has 0 spiro atoms. The Morgan fingerprint density at radius 2 is 2.15 bits per heavy atom. The van der Waals surface area contributed by atoms with E-state index in [4.69, 9.17) is 5.73 Å². The quantitative estimate of drug-likeness (QED) is 0.590. The van der Waals surface area contributed by atoms with Crippen LogP contribution in [-0.2, 0) is 4.79 Å². The fourth-order valence-electron chi connectivity index (χ4n) is 1.67. The number of carbonyl (C=O) groups is 1. The Morgan fingerprint density at radius 3 is 2.75 bits per heavy atom. The number of carbonyl (C=O) groups excluding carboxylic acids is 1. The van der Waals surface area contributed by atoms with Gasteiger partial charge in [-0.05, 0) is 52.2 Å². The smallest absolute Gasteiger partial charge is 0.224 e. The summed E-state index contributed by atoms with van der Waals surface area (Å²) in [5.41, 5.74) is 6.08. The molecule has 1 aromatic heterocycles. The number of hydrogen-bond acceptors (Lipinski definition) is 5. The van der Waals surface area contributed by atoms with E-state index in [0.717, 1.165) is 25.3 Å². The Bertz CT molecular complexity index is 391. The number of anilines is 2. The molecule has 1 rings (SSSR count). The predicted octanol–water partition coefficient (Wildman–Crippen LogP) is 1.12. The van der Waals surface area contributed by atoms with Crippen LogP contribution in [0.5, 0.6) is 0 Å². The summed E-state index contributed by atoms with van der Waals surface area (Å²) < 4.78 is 0. The average Bonchev–Trinajstić information content (AvgIpc) is 2.43. The van der Waals surface area contributed by atoms with Gasteiger partial charge in [0.15, 0.2) is 0 Å². The zero-order chi connectivity index (χ0) is 14.8. The van der Waals surface area contributed by atoms with Crippen LogP contribution >= 0.6 is 0 Å². The van der Waals surface area contributed by atoms with Crippen LogP contribution in [0.3, 0.4) is 0 Å². The number of rotatable bonds is 9. The van der Waals surface area contributed by atoms with Gasteiger partial charge in [-0.3, -0.25) is 4.79 Å². The monoisotopic (exact) mass is 279 g/mol. The largest absolute Gasteiger partial charge is 0.370 e. The molecule has 112 valence electrons. The van der Waals surface area contributed by atoms with Crippen LogP contribution in [0.2, 0.25) is 0 Å². The minimum atomic E-state index is -0.0241. The second-order valence-corrected chi connectivity index (χ2v) is 4.96. The van der Waals surface area contributed by atoms with Gasteiger partial charge in [0.05, 0.1) is 11.9 Å². The molecule has 0 aliphatic rings. The molecule has 0 aromatic carbocycles. The topological polar surface area (TPSA) is 83.3 Å². The maximum Gasteiger partial charge on any atom is 0.224 e. The van der Waals surface area contributed by atoms with Crippen molar-refractivity contribution in [3.63, 3.8) is 0 Å². The van der Waals surface area contributed by atoms with Crippen LogP contribution in [0.1, 0.15) is 19.3 Å². The summed E-state index contributed by atoms with van der Waals surface area (Å²) in [6, 6.07) is 3.72. The highest BCUT2D eigenvalue weighted by Gasteiger charge is 2.02. The molecule has 20 heavy (non-hydrogen) atoms. The first-order valence-corrected chi connectivity index (χ1v) is 6.96. The Labute approximate surface area is 120 Å². The third-order valence-corrected chi connectivity index (χ3v) is 2.74. The van der Waals surface area contributed by atoms with E-state index in [0.29, 0.717) is 25.1 Å². The van der Waals surface area contributed by atoms with Gasteiger partial charge in [0.1, 0.15) is 5.82 Å². The van der Waals surface area contributed by atoms with Gasteiger partial charge >= 0.3 is 0 Å². The van der Waals surface area contributed by atoms with Crippen molar-refractivity contribution in [3.05, 3.63) is 18.3 Å². The lowest BCUT2D eigenvalue weighted by Crippen LogP contribution is -2.16. The number of amides is 1. The van der Waals surface area contributed by atoms with Crippen molar-refractivity contribution in [1.82, 2.24) is 9.88 Å². The predicted molar refractivity (Wildman–Crippen MR) is 82.8 cm³/mol. The van der Waals surface area contributed by atoms with Crippen molar-refractivity contribution in [2.45, 2.75) is 19.3 Å². The van der Waals surface area contributed by atoms with Gasteiger partial charge in [-0.15, -0.1) is 0 Å². The van der Waals surface area contributed by atoms with E-state index >= 15 is 0 Å². The number of hydrogen-bond donors (Lipinski definition) is 3. The van der Waals surface area contributed by atoms with E-state index in [9.17, 15) is 4.79 Å². The van der Waals surface area contributed by atoms with Crippen molar-refractivity contribution in [2.75, 3.05) is 44.4 Å². The van der Waals surface area contributed by atoms with Crippen LogP contribution in [-0.4, -0.2) is 49.5 Å². The molecule has 1 amide bonds. The molecule has 0 aliphatic carbocycles. The van der Waals surface area contributed by atoms with Crippen molar-refractivity contribution >= 4 is 17.4 Å². The van der Waals surface area contributed by atoms with E-state index < -0.39 is 0 Å². The summed E-state index contributed by atoms with van der Waals surface area (Å²) in [4.78, 5) is 17.9. The normalized spacial score (nSPS) is 10.6. The standard InChI is InChI=1S/C14H25N5O/c1-19(2)10-4-9-16-13-7-6-12(11-17-13)18-14(20)5-3-8-15/h6-7,11H,3-5,8-10,15H2,1-2H3,(H,16,17)(H,18,20). The summed E-state index contributed by atoms with van der Waals surface area (Å²) in [5, 5.41) is 6.04. The molecule has 6 nitrogen and oxygen atoms in total. The Hall–Kier alpha value is -1.66. The molecule has 0 saturated carbocycles. The summed E-state index contributed by atoms with van der Waals surface area (Å²) in [7, 11) is 4.11. The van der Waals surface area contributed by atoms with Crippen molar-refractivity contribution in [2.24, 2.45) is 5.73 Å². The first-order chi connectivity index (χ1) is 9.61. The van der Waals surface area contributed by atoms with Gasteiger partial charge in [0.25, 0.3) is 0 Å². The molecule has 1 heterocycles. The van der Waals surface area contributed by atoms with Crippen LogP contribution in [0.15, 0.2) is 18.3 Å². The molecule has 6 heteroatoms. The molecule has 0 fully saturated rings. The molecule has 0 atom stereocenters. The third kappa shape index (κ3) is 7.06. The number of nitrogens with one attached hydrogen (secondary N) is 2. The lowest BCUT2D eigenvalue weighted by Gasteiger charge is -2.10. The summed E-state index contributed by atoms with van der Waals surface area (Å²) in [5.74, 6) is 0.799. The number of pyridine rings is 1. The fourth-order valence-corrected chi connectivity index (χ4v) is 1.67. The average molecular weight is 279 g/mol. The van der Waals surface area contributed by atoms with Crippen LogP contribution < -0.4 is 16.4 Å². The highest BCUT2D eigenvalue weighted by Crippen LogP contribution is 2.10. The van der Waals surface area contributed by atoms with Gasteiger partial charge in [-0.1, -0.05) is 0 Å². The first kappa shape index (κ1) is 16.4. The van der Waals surface area contributed by atoms with Crippen LogP contribution in [0.25, 0.3) is 0 Å². The van der Waals surface area contributed by atoms with E-state index in [1.54, 1.807) is 6.20 Å². The number of aromatic nitrogens is 1.